The number of rotatable bonds is 7. The smallest absolute Gasteiger partial charge is 0.280 e. The SMILES string of the molecule is COc1ccc(NC(=O)c2nnn(CC(=O)Nc3ccc(C)cc3C)c2N)cc1OC. The van der Waals surface area contributed by atoms with Crippen LogP contribution in [-0.4, -0.2) is 41.0 Å². The molecule has 0 bridgehead atoms. The number of amides is 2. The number of nitrogens with zero attached hydrogens (tertiary/aromatic N) is 3. The second-order valence-corrected chi connectivity index (χ2v) is 6.87. The Bertz CT molecular complexity index is 1130. The third-order valence-electron chi connectivity index (χ3n) is 4.58. The molecule has 3 aromatic rings. The molecule has 0 aliphatic carbocycles. The van der Waals surface area contributed by atoms with Gasteiger partial charge in [-0.05, 0) is 37.6 Å². The standard InChI is InChI=1S/C21H24N6O4/c1-12-5-7-15(13(2)9-12)24-18(28)11-27-20(22)19(25-26-27)21(29)23-14-6-8-16(30-3)17(10-14)31-4/h5-10H,11,22H2,1-4H3,(H,23,29)(H,24,28). The van der Waals surface area contributed by atoms with Crippen LogP contribution in [0.3, 0.4) is 0 Å². The summed E-state index contributed by atoms with van der Waals surface area (Å²) >= 11 is 0. The largest absolute Gasteiger partial charge is 0.493 e. The van der Waals surface area contributed by atoms with Crippen LogP contribution in [0, 0.1) is 13.8 Å². The van der Waals surface area contributed by atoms with Crippen LogP contribution in [-0.2, 0) is 11.3 Å². The molecule has 10 heteroatoms. The van der Waals surface area contributed by atoms with Gasteiger partial charge in [-0.25, -0.2) is 4.68 Å². The van der Waals surface area contributed by atoms with Crippen molar-refractivity contribution in [3.8, 4) is 11.5 Å². The Morgan fingerprint density at radius 2 is 1.77 bits per heavy atom. The Labute approximate surface area is 179 Å². The summed E-state index contributed by atoms with van der Waals surface area (Å²) in [5.41, 5.74) is 9.11. The van der Waals surface area contributed by atoms with Crippen LogP contribution >= 0.6 is 0 Å². The van der Waals surface area contributed by atoms with E-state index in [-0.39, 0.29) is 24.0 Å². The van der Waals surface area contributed by atoms with Crippen LogP contribution in [0.2, 0.25) is 0 Å². The summed E-state index contributed by atoms with van der Waals surface area (Å²) in [6, 6.07) is 10.6. The molecule has 162 valence electrons. The van der Waals surface area contributed by atoms with E-state index < -0.39 is 5.91 Å². The Balaban J connectivity index is 1.69. The number of methoxy groups -OCH3 is 2. The maximum Gasteiger partial charge on any atom is 0.280 e. The topological polar surface area (TPSA) is 133 Å². The molecule has 1 aromatic heterocycles. The zero-order valence-electron chi connectivity index (χ0n) is 17.7. The summed E-state index contributed by atoms with van der Waals surface area (Å²) in [5, 5.41) is 13.1. The summed E-state index contributed by atoms with van der Waals surface area (Å²) in [6.07, 6.45) is 0. The molecule has 3 rings (SSSR count). The highest BCUT2D eigenvalue weighted by Gasteiger charge is 2.20. The van der Waals surface area contributed by atoms with Crippen molar-refractivity contribution >= 4 is 29.0 Å². The van der Waals surface area contributed by atoms with E-state index >= 15 is 0 Å². The van der Waals surface area contributed by atoms with Gasteiger partial charge in [0.1, 0.15) is 6.54 Å². The summed E-state index contributed by atoms with van der Waals surface area (Å²) in [7, 11) is 3.02. The maximum atomic E-state index is 12.6. The van der Waals surface area contributed by atoms with Gasteiger partial charge >= 0.3 is 0 Å². The van der Waals surface area contributed by atoms with E-state index in [0.717, 1.165) is 11.1 Å². The molecule has 2 amide bonds. The van der Waals surface area contributed by atoms with Gasteiger partial charge in [-0.1, -0.05) is 22.9 Å². The predicted molar refractivity (Wildman–Crippen MR) is 116 cm³/mol. The summed E-state index contributed by atoms with van der Waals surface area (Å²) < 4.78 is 11.6. The molecule has 0 fully saturated rings. The first kappa shape index (κ1) is 21.6. The van der Waals surface area contributed by atoms with Gasteiger partial charge < -0.3 is 25.8 Å². The molecule has 0 atom stereocenters. The van der Waals surface area contributed by atoms with Crippen LogP contribution in [0.1, 0.15) is 21.6 Å². The Morgan fingerprint density at radius 1 is 1.03 bits per heavy atom. The maximum absolute atomic E-state index is 12.6. The summed E-state index contributed by atoms with van der Waals surface area (Å²) in [4.78, 5) is 25.0. The number of hydrogen-bond donors (Lipinski definition) is 3. The molecule has 0 aliphatic rings. The molecule has 0 saturated heterocycles. The van der Waals surface area contributed by atoms with E-state index in [4.69, 9.17) is 15.2 Å². The fourth-order valence-electron chi connectivity index (χ4n) is 2.98. The van der Waals surface area contributed by atoms with Crippen LogP contribution in [0.5, 0.6) is 11.5 Å². The molecular weight excluding hydrogens is 400 g/mol. The Morgan fingerprint density at radius 3 is 2.45 bits per heavy atom. The van der Waals surface area contributed by atoms with Crippen LogP contribution in [0.25, 0.3) is 0 Å². The van der Waals surface area contributed by atoms with E-state index in [1.807, 2.05) is 32.0 Å². The normalized spacial score (nSPS) is 10.5. The molecule has 0 saturated carbocycles. The van der Waals surface area contributed by atoms with Crippen LogP contribution < -0.4 is 25.8 Å². The van der Waals surface area contributed by atoms with Gasteiger partial charge in [-0.15, -0.1) is 5.10 Å². The van der Waals surface area contributed by atoms with E-state index in [2.05, 4.69) is 20.9 Å². The van der Waals surface area contributed by atoms with E-state index in [1.165, 1.54) is 18.9 Å². The van der Waals surface area contributed by atoms with Gasteiger partial charge in [-0.3, -0.25) is 9.59 Å². The van der Waals surface area contributed by atoms with Crippen molar-refractivity contribution in [1.29, 1.82) is 0 Å². The molecule has 10 nitrogen and oxygen atoms in total. The lowest BCUT2D eigenvalue weighted by Gasteiger charge is -2.10. The summed E-state index contributed by atoms with van der Waals surface area (Å²) in [6.45, 7) is 3.70. The number of aromatic nitrogens is 3. The van der Waals surface area contributed by atoms with Crippen molar-refractivity contribution in [2.75, 3.05) is 30.6 Å². The molecule has 0 unspecified atom stereocenters. The highest BCUT2D eigenvalue weighted by Crippen LogP contribution is 2.30. The molecule has 0 spiro atoms. The van der Waals surface area contributed by atoms with E-state index in [1.54, 1.807) is 18.2 Å². The van der Waals surface area contributed by atoms with E-state index in [0.29, 0.717) is 22.9 Å². The lowest BCUT2D eigenvalue weighted by atomic mass is 10.1. The molecule has 0 radical (unpaired) electrons. The minimum Gasteiger partial charge on any atom is -0.493 e. The third-order valence-corrected chi connectivity index (χ3v) is 4.58. The molecule has 1 heterocycles. The first-order valence-electron chi connectivity index (χ1n) is 9.41. The zero-order valence-corrected chi connectivity index (χ0v) is 17.7. The highest BCUT2D eigenvalue weighted by molar-refractivity contribution is 6.06. The number of hydrogen-bond acceptors (Lipinski definition) is 7. The predicted octanol–water partition coefficient (Wildman–Crippen LogP) is 2.39. The molecule has 0 aliphatic heterocycles. The van der Waals surface area contributed by atoms with Gasteiger partial charge in [-0.2, -0.15) is 0 Å². The van der Waals surface area contributed by atoms with Crippen LogP contribution in [0.4, 0.5) is 17.2 Å². The number of nitrogen functional groups attached to an aromatic ring is 1. The first-order valence-corrected chi connectivity index (χ1v) is 9.41. The van der Waals surface area contributed by atoms with Gasteiger partial charge in [0.15, 0.2) is 23.0 Å². The fraction of sp³-hybridized carbons (Fsp3) is 0.238. The fourth-order valence-corrected chi connectivity index (χ4v) is 2.98. The number of anilines is 3. The van der Waals surface area contributed by atoms with Crippen molar-refractivity contribution in [2.45, 2.75) is 20.4 Å². The lowest BCUT2D eigenvalue weighted by Crippen LogP contribution is -2.21. The second-order valence-electron chi connectivity index (χ2n) is 6.87. The lowest BCUT2D eigenvalue weighted by molar-refractivity contribution is -0.116. The van der Waals surface area contributed by atoms with Crippen LogP contribution in [0.15, 0.2) is 36.4 Å². The van der Waals surface area contributed by atoms with Gasteiger partial charge in [0.2, 0.25) is 5.91 Å². The number of benzene rings is 2. The molecule has 2 aromatic carbocycles. The third kappa shape index (κ3) is 4.92. The summed E-state index contributed by atoms with van der Waals surface area (Å²) in [5.74, 6) is 0.0655. The number of aryl methyl sites for hydroxylation is 2. The van der Waals surface area contributed by atoms with Gasteiger partial charge in [0.05, 0.1) is 14.2 Å². The zero-order chi connectivity index (χ0) is 22.5. The molecule has 4 N–H and O–H groups in total. The first-order chi connectivity index (χ1) is 14.8. The second kappa shape index (κ2) is 9.16. The van der Waals surface area contributed by atoms with Crippen molar-refractivity contribution in [3.63, 3.8) is 0 Å². The minimum absolute atomic E-state index is 0.0197. The minimum atomic E-state index is -0.564. The van der Waals surface area contributed by atoms with E-state index in [9.17, 15) is 9.59 Å². The van der Waals surface area contributed by atoms with Crippen molar-refractivity contribution in [1.82, 2.24) is 15.0 Å². The van der Waals surface area contributed by atoms with Crippen molar-refractivity contribution in [3.05, 3.63) is 53.2 Å². The van der Waals surface area contributed by atoms with Gasteiger partial charge in [0.25, 0.3) is 5.91 Å². The number of nitrogens with one attached hydrogen (secondary N) is 2. The van der Waals surface area contributed by atoms with Crippen molar-refractivity contribution in [2.24, 2.45) is 0 Å². The Kier molecular flexibility index (Phi) is 6.39. The molecule has 31 heavy (non-hydrogen) atoms. The molecular formula is C21H24N6O4. The number of ether oxygens (including phenoxy) is 2. The number of nitrogens with two attached hydrogens (primary N) is 1. The van der Waals surface area contributed by atoms with Crippen molar-refractivity contribution < 1.29 is 19.1 Å². The average Bonchev–Trinajstić information content (AvgIpc) is 3.10. The number of carbonyl (C=O) groups is 2. The monoisotopic (exact) mass is 424 g/mol. The number of carbonyl (C=O) groups excluding carboxylic acids is 2. The Hall–Kier alpha value is -4.08. The quantitative estimate of drug-likeness (QED) is 0.530. The van der Waals surface area contributed by atoms with Gasteiger partial charge in [0, 0.05) is 17.4 Å². The highest BCUT2D eigenvalue weighted by atomic mass is 16.5. The average molecular weight is 424 g/mol.